The maximum absolute atomic E-state index is 11.0. The third-order valence-electron chi connectivity index (χ3n) is 2.35. The molecule has 0 saturated heterocycles. The summed E-state index contributed by atoms with van der Waals surface area (Å²) in [6, 6.07) is 3.21. The Morgan fingerprint density at radius 1 is 1.61 bits per heavy atom. The molecule has 7 nitrogen and oxygen atoms in total. The molecule has 0 aliphatic heterocycles. The van der Waals surface area contributed by atoms with E-state index in [9.17, 15) is 4.79 Å². The molecule has 0 aromatic carbocycles. The number of rotatable bonds is 4. The molecule has 0 aliphatic rings. The molecule has 94 valence electrons. The number of carbonyl (C=O) groups is 1. The lowest BCUT2D eigenvalue weighted by Crippen LogP contribution is -2.09. The predicted molar refractivity (Wildman–Crippen MR) is 66.1 cm³/mol. The van der Waals surface area contributed by atoms with E-state index in [4.69, 9.17) is 10.8 Å². The van der Waals surface area contributed by atoms with Crippen LogP contribution < -0.4 is 11.1 Å². The molecule has 0 saturated carbocycles. The molecule has 0 atom stereocenters. The van der Waals surface area contributed by atoms with E-state index in [-0.39, 0.29) is 11.4 Å². The lowest BCUT2D eigenvalue weighted by atomic mass is 10.2. The normalized spacial score (nSPS) is 10.3. The number of pyridine rings is 1. The molecule has 0 amide bonds. The Bertz CT molecular complexity index is 579. The summed E-state index contributed by atoms with van der Waals surface area (Å²) in [6.45, 7) is 0.401. The number of carboxylic acids is 1. The minimum absolute atomic E-state index is 0.0472. The van der Waals surface area contributed by atoms with Crippen molar-refractivity contribution in [2.24, 2.45) is 7.05 Å². The molecule has 2 aromatic heterocycles. The van der Waals surface area contributed by atoms with E-state index in [1.807, 2.05) is 19.3 Å². The van der Waals surface area contributed by atoms with Crippen LogP contribution in [0.3, 0.4) is 0 Å². The number of aromatic nitrogens is 3. The molecule has 2 aromatic rings. The maximum atomic E-state index is 11.0. The van der Waals surface area contributed by atoms with Gasteiger partial charge in [-0.1, -0.05) is 0 Å². The number of aromatic carboxylic acids is 1. The first-order valence-electron chi connectivity index (χ1n) is 5.27. The van der Waals surface area contributed by atoms with Gasteiger partial charge in [0.25, 0.3) is 0 Å². The van der Waals surface area contributed by atoms with Gasteiger partial charge in [0.1, 0.15) is 11.4 Å². The number of nitrogens with one attached hydrogen (secondary N) is 1. The van der Waals surface area contributed by atoms with Crippen LogP contribution in [0, 0.1) is 0 Å². The monoisotopic (exact) mass is 247 g/mol. The molecule has 2 rings (SSSR count). The predicted octanol–water partition coefficient (Wildman–Crippen LogP) is 0.708. The highest BCUT2D eigenvalue weighted by Crippen LogP contribution is 2.16. The molecular formula is C11H13N5O2. The summed E-state index contributed by atoms with van der Waals surface area (Å²) >= 11 is 0. The summed E-state index contributed by atoms with van der Waals surface area (Å²) < 4.78 is 1.67. The second kappa shape index (κ2) is 4.74. The molecule has 7 heteroatoms. The minimum Gasteiger partial charge on any atom is -0.478 e. The number of carboxylic acid groups (broad SMARTS) is 1. The lowest BCUT2D eigenvalue weighted by Gasteiger charge is -2.07. The van der Waals surface area contributed by atoms with Crippen LogP contribution in [0.1, 0.15) is 16.1 Å². The summed E-state index contributed by atoms with van der Waals surface area (Å²) in [5.74, 6) is -0.791. The second-order valence-electron chi connectivity index (χ2n) is 3.80. The zero-order valence-corrected chi connectivity index (χ0v) is 9.79. The van der Waals surface area contributed by atoms with Crippen molar-refractivity contribution in [1.82, 2.24) is 14.8 Å². The van der Waals surface area contributed by atoms with Gasteiger partial charge < -0.3 is 16.2 Å². The fourth-order valence-electron chi connectivity index (χ4n) is 1.52. The number of hydrogen-bond donors (Lipinski definition) is 3. The van der Waals surface area contributed by atoms with E-state index in [0.29, 0.717) is 12.2 Å². The Morgan fingerprint density at radius 3 is 3.00 bits per heavy atom. The first-order valence-corrected chi connectivity index (χ1v) is 5.27. The molecule has 2 heterocycles. The van der Waals surface area contributed by atoms with Crippen molar-refractivity contribution in [3.63, 3.8) is 0 Å². The van der Waals surface area contributed by atoms with Crippen molar-refractivity contribution in [3.8, 4) is 0 Å². The van der Waals surface area contributed by atoms with Crippen molar-refractivity contribution in [2.45, 2.75) is 6.54 Å². The highest BCUT2D eigenvalue weighted by molar-refractivity contribution is 5.94. The van der Waals surface area contributed by atoms with Gasteiger partial charge in [0, 0.05) is 13.2 Å². The molecule has 0 aliphatic carbocycles. The van der Waals surface area contributed by atoms with Crippen LogP contribution in [-0.4, -0.2) is 25.8 Å². The summed E-state index contributed by atoms with van der Waals surface area (Å²) in [6.07, 6.45) is 3.22. The number of anilines is 2. The van der Waals surface area contributed by atoms with E-state index < -0.39 is 5.97 Å². The van der Waals surface area contributed by atoms with E-state index >= 15 is 0 Å². The van der Waals surface area contributed by atoms with Gasteiger partial charge in [-0.2, -0.15) is 5.10 Å². The Labute approximate surface area is 103 Å². The molecule has 18 heavy (non-hydrogen) atoms. The molecule has 0 fully saturated rings. The van der Waals surface area contributed by atoms with E-state index in [2.05, 4.69) is 15.4 Å². The Balaban J connectivity index is 2.16. The van der Waals surface area contributed by atoms with Crippen LogP contribution in [0.15, 0.2) is 24.5 Å². The van der Waals surface area contributed by atoms with Crippen molar-refractivity contribution in [2.75, 3.05) is 11.1 Å². The van der Waals surface area contributed by atoms with Crippen molar-refractivity contribution < 1.29 is 9.90 Å². The third-order valence-corrected chi connectivity index (χ3v) is 2.35. The summed E-state index contributed by atoms with van der Waals surface area (Å²) in [5, 5.41) is 16.1. The largest absolute Gasteiger partial charge is 0.478 e. The average Bonchev–Trinajstić information content (AvgIpc) is 2.73. The first-order chi connectivity index (χ1) is 8.56. The Hall–Kier alpha value is -2.57. The van der Waals surface area contributed by atoms with Gasteiger partial charge in [-0.25, -0.2) is 9.78 Å². The molecule has 4 N–H and O–H groups in total. The lowest BCUT2D eigenvalue weighted by molar-refractivity contribution is 0.0697. The van der Waals surface area contributed by atoms with Gasteiger partial charge in [-0.3, -0.25) is 4.68 Å². The molecule has 0 radical (unpaired) electrons. The number of nitrogen functional groups attached to an aromatic ring is 1. The zero-order valence-electron chi connectivity index (χ0n) is 9.79. The van der Waals surface area contributed by atoms with E-state index in [1.54, 1.807) is 4.68 Å². The van der Waals surface area contributed by atoms with Gasteiger partial charge in [0.15, 0.2) is 0 Å². The topological polar surface area (TPSA) is 106 Å². The smallest absolute Gasteiger partial charge is 0.339 e. The highest BCUT2D eigenvalue weighted by Gasteiger charge is 2.12. The second-order valence-corrected chi connectivity index (χ2v) is 3.80. The van der Waals surface area contributed by atoms with Gasteiger partial charge in [-0.15, -0.1) is 0 Å². The van der Waals surface area contributed by atoms with Crippen molar-refractivity contribution >= 4 is 17.5 Å². The number of nitrogens with zero attached hydrogens (tertiary/aromatic N) is 3. The number of nitrogens with two attached hydrogens (primary N) is 1. The summed E-state index contributed by atoms with van der Waals surface area (Å²) in [7, 11) is 1.81. The minimum atomic E-state index is -1.07. The molecule has 0 unspecified atom stereocenters. The van der Waals surface area contributed by atoms with E-state index in [1.165, 1.54) is 12.3 Å². The maximum Gasteiger partial charge on any atom is 0.339 e. The standard InChI is InChI=1S/C11H13N5O2/c1-16-3-2-8(15-16)6-14-10-9(11(17)18)4-7(12)5-13-10/h2-5H,6,12H2,1H3,(H,13,14)(H,17,18). The van der Waals surface area contributed by atoms with Crippen molar-refractivity contribution in [3.05, 3.63) is 35.8 Å². The first kappa shape index (κ1) is 11.9. The van der Waals surface area contributed by atoms with E-state index in [0.717, 1.165) is 5.69 Å². The number of hydrogen-bond acceptors (Lipinski definition) is 5. The summed E-state index contributed by atoms with van der Waals surface area (Å²) in [4.78, 5) is 15.0. The number of aryl methyl sites for hydroxylation is 1. The van der Waals surface area contributed by atoms with Crippen LogP contribution in [0.25, 0.3) is 0 Å². The van der Waals surface area contributed by atoms with Crippen molar-refractivity contribution in [1.29, 1.82) is 0 Å². The zero-order chi connectivity index (χ0) is 13.1. The van der Waals surface area contributed by atoms with Crippen LogP contribution >= 0.6 is 0 Å². The Morgan fingerprint density at radius 2 is 2.39 bits per heavy atom. The third kappa shape index (κ3) is 2.57. The summed E-state index contributed by atoms with van der Waals surface area (Å²) in [5.41, 5.74) is 6.67. The average molecular weight is 247 g/mol. The van der Waals surface area contributed by atoms with Gasteiger partial charge in [0.05, 0.1) is 24.1 Å². The van der Waals surface area contributed by atoms with Crippen LogP contribution in [0.5, 0.6) is 0 Å². The molecule has 0 bridgehead atoms. The van der Waals surface area contributed by atoms with Crippen LogP contribution in [0.4, 0.5) is 11.5 Å². The highest BCUT2D eigenvalue weighted by atomic mass is 16.4. The fourth-order valence-corrected chi connectivity index (χ4v) is 1.52. The fraction of sp³-hybridized carbons (Fsp3) is 0.182. The van der Waals surface area contributed by atoms with Crippen LogP contribution in [0.2, 0.25) is 0 Å². The van der Waals surface area contributed by atoms with Gasteiger partial charge in [-0.05, 0) is 12.1 Å². The SMILES string of the molecule is Cn1ccc(CNc2ncc(N)cc2C(=O)O)n1. The van der Waals surface area contributed by atoms with Gasteiger partial charge >= 0.3 is 5.97 Å². The molecular weight excluding hydrogens is 234 g/mol. The van der Waals surface area contributed by atoms with Crippen LogP contribution in [-0.2, 0) is 13.6 Å². The Kier molecular flexibility index (Phi) is 3.13. The van der Waals surface area contributed by atoms with Gasteiger partial charge in [0.2, 0.25) is 0 Å². The molecule has 0 spiro atoms. The quantitative estimate of drug-likeness (QED) is 0.734.